The van der Waals surface area contributed by atoms with Gasteiger partial charge < -0.3 is 5.11 Å². The Morgan fingerprint density at radius 1 is 1.43 bits per heavy atom. The number of pyridine rings is 1. The fourth-order valence-electron chi connectivity index (χ4n) is 1.62. The molecule has 1 N–H and O–H groups in total. The van der Waals surface area contributed by atoms with Crippen molar-refractivity contribution in [1.82, 2.24) is 9.29 Å². The lowest BCUT2D eigenvalue weighted by molar-refractivity contribution is -0.143. The van der Waals surface area contributed by atoms with E-state index >= 15 is 0 Å². The first-order valence-corrected chi connectivity index (χ1v) is 7.17. The Labute approximate surface area is 119 Å². The molecule has 1 aromatic heterocycles. The van der Waals surface area contributed by atoms with Crippen LogP contribution in [0, 0.1) is 0 Å². The molecule has 0 fully saturated rings. The number of aliphatic carboxylic acids is 1. The number of carbonyl (C=O) groups is 1. The maximum atomic E-state index is 12.8. The largest absolute Gasteiger partial charge is 0.480 e. The Balaban J connectivity index is 3.46. The van der Waals surface area contributed by atoms with Crippen LogP contribution in [0.2, 0.25) is 0 Å². The van der Waals surface area contributed by atoms with Gasteiger partial charge in [-0.1, -0.05) is 0 Å². The topological polar surface area (TPSA) is 87.6 Å². The molecule has 0 aliphatic heterocycles. The Morgan fingerprint density at radius 3 is 2.43 bits per heavy atom. The molecule has 10 heteroatoms. The van der Waals surface area contributed by atoms with Crippen molar-refractivity contribution < 1.29 is 31.5 Å². The fraction of sp³-hybridized carbons (Fsp3) is 0.455. The van der Waals surface area contributed by atoms with Crippen LogP contribution >= 0.6 is 0 Å². The van der Waals surface area contributed by atoms with Gasteiger partial charge in [-0.05, 0) is 26.0 Å². The molecule has 0 radical (unpaired) electrons. The van der Waals surface area contributed by atoms with Gasteiger partial charge in [0, 0.05) is 12.2 Å². The molecule has 0 saturated carbocycles. The monoisotopic (exact) mass is 326 g/mol. The summed E-state index contributed by atoms with van der Waals surface area (Å²) in [5.74, 6) is -1.47. The molecule has 21 heavy (non-hydrogen) atoms. The van der Waals surface area contributed by atoms with Crippen LogP contribution in [-0.4, -0.2) is 41.4 Å². The van der Waals surface area contributed by atoms with Gasteiger partial charge in [0.1, 0.15) is 11.4 Å². The van der Waals surface area contributed by atoms with Gasteiger partial charge in [0.05, 0.1) is 0 Å². The molecule has 0 unspecified atom stereocenters. The zero-order valence-electron chi connectivity index (χ0n) is 11.1. The van der Waals surface area contributed by atoms with E-state index in [-0.39, 0.29) is 0 Å². The Hall–Kier alpha value is -1.68. The number of carboxylic acids is 1. The van der Waals surface area contributed by atoms with Crippen molar-refractivity contribution in [3.8, 4) is 0 Å². The molecule has 0 amide bonds. The van der Waals surface area contributed by atoms with E-state index in [1.165, 1.54) is 13.8 Å². The van der Waals surface area contributed by atoms with E-state index in [9.17, 15) is 26.4 Å². The maximum absolute atomic E-state index is 12.8. The smallest absolute Gasteiger partial charge is 0.434 e. The third-order valence-electron chi connectivity index (χ3n) is 2.49. The Morgan fingerprint density at radius 2 is 2.00 bits per heavy atom. The van der Waals surface area contributed by atoms with Crippen molar-refractivity contribution >= 4 is 16.0 Å². The first-order chi connectivity index (χ1) is 9.48. The average molecular weight is 326 g/mol. The molecule has 0 aliphatic rings. The lowest BCUT2D eigenvalue weighted by atomic mass is 10.3. The quantitative estimate of drug-likeness (QED) is 0.888. The van der Waals surface area contributed by atoms with Crippen molar-refractivity contribution in [2.75, 3.05) is 6.54 Å². The van der Waals surface area contributed by atoms with Gasteiger partial charge >= 0.3 is 12.1 Å². The Bertz CT molecular complexity index is 629. The molecule has 1 heterocycles. The molecular formula is C11H13F3N2O4S. The number of nitrogens with zero attached hydrogens (tertiary/aromatic N) is 2. The van der Waals surface area contributed by atoms with Crippen molar-refractivity contribution in [2.24, 2.45) is 0 Å². The summed E-state index contributed by atoms with van der Waals surface area (Å²) in [7, 11) is -4.64. The summed E-state index contributed by atoms with van der Waals surface area (Å²) < 4.78 is 63.6. The SMILES string of the molecule is CC(C)N(CC(=O)O)S(=O)(=O)c1cccnc1C(F)(F)F. The number of alkyl halides is 3. The highest BCUT2D eigenvalue weighted by Crippen LogP contribution is 2.33. The molecule has 0 spiro atoms. The number of carboxylic acid groups (broad SMARTS) is 1. The normalized spacial score (nSPS) is 12.9. The number of rotatable bonds is 5. The molecule has 1 aromatic rings. The number of halogens is 3. The van der Waals surface area contributed by atoms with Gasteiger partial charge in [0.2, 0.25) is 10.0 Å². The van der Waals surface area contributed by atoms with Gasteiger partial charge in [0.15, 0.2) is 5.69 Å². The minimum absolute atomic E-state index is 0.474. The molecule has 0 saturated heterocycles. The van der Waals surface area contributed by atoms with Crippen LogP contribution in [0.3, 0.4) is 0 Å². The summed E-state index contributed by atoms with van der Waals surface area (Å²) >= 11 is 0. The van der Waals surface area contributed by atoms with E-state index in [0.717, 1.165) is 18.3 Å². The standard InChI is InChI=1S/C11H13F3N2O4S/c1-7(2)16(6-9(17)18)21(19,20)8-4-3-5-15-10(8)11(12,13)14/h3-5,7H,6H2,1-2H3,(H,17,18). The summed E-state index contributed by atoms with van der Waals surface area (Å²) in [5.41, 5.74) is -1.57. The lowest BCUT2D eigenvalue weighted by Crippen LogP contribution is -2.41. The van der Waals surface area contributed by atoms with E-state index in [1.807, 2.05) is 0 Å². The number of sulfonamides is 1. The highest BCUT2D eigenvalue weighted by atomic mass is 32.2. The Kier molecular flexibility index (Phi) is 4.95. The third-order valence-corrected chi connectivity index (χ3v) is 4.55. The van der Waals surface area contributed by atoms with E-state index < -0.39 is 45.3 Å². The molecule has 6 nitrogen and oxygen atoms in total. The van der Waals surface area contributed by atoms with E-state index in [4.69, 9.17) is 5.11 Å². The van der Waals surface area contributed by atoms with Crippen LogP contribution in [0.1, 0.15) is 19.5 Å². The first kappa shape index (κ1) is 17.4. The number of hydrogen-bond acceptors (Lipinski definition) is 4. The average Bonchev–Trinajstić information content (AvgIpc) is 2.34. The lowest BCUT2D eigenvalue weighted by Gasteiger charge is -2.25. The fourth-order valence-corrected chi connectivity index (χ4v) is 3.37. The van der Waals surface area contributed by atoms with Crippen molar-refractivity contribution in [3.63, 3.8) is 0 Å². The molecule has 0 aliphatic carbocycles. The third kappa shape index (κ3) is 3.91. The zero-order chi connectivity index (χ0) is 16.4. The van der Waals surface area contributed by atoms with Crippen molar-refractivity contribution in [2.45, 2.75) is 31.0 Å². The summed E-state index contributed by atoms with van der Waals surface area (Å²) in [6.07, 6.45) is -4.14. The predicted octanol–water partition coefficient (Wildman–Crippen LogP) is 1.58. The van der Waals surface area contributed by atoms with Crippen LogP contribution in [0.15, 0.2) is 23.2 Å². The molecular weight excluding hydrogens is 313 g/mol. The summed E-state index contributed by atoms with van der Waals surface area (Å²) in [4.78, 5) is 12.7. The highest BCUT2D eigenvalue weighted by Gasteiger charge is 2.41. The highest BCUT2D eigenvalue weighted by molar-refractivity contribution is 7.89. The summed E-state index contributed by atoms with van der Waals surface area (Å²) in [6.45, 7) is 1.79. The molecule has 0 aromatic carbocycles. The second-order valence-corrected chi connectivity index (χ2v) is 6.24. The van der Waals surface area contributed by atoms with Gasteiger partial charge in [0.25, 0.3) is 0 Å². The minimum atomic E-state index is -4.96. The van der Waals surface area contributed by atoms with E-state index in [0.29, 0.717) is 4.31 Å². The van der Waals surface area contributed by atoms with Crippen LogP contribution in [0.5, 0.6) is 0 Å². The van der Waals surface area contributed by atoms with Gasteiger partial charge in [-0.2, -0.15) is 17.5 Å². The molecule has 118 valence electrons. The second-order valence-electron chi connectivity index (χ2n) is 4.39. The summed E-state index contributed by atoms with van der Waals surface area (Å²) in [6, 6.07) is 0.969. The van der Waals surface area contributed by atoms with Crippen LogP contribution in [-0.2, 0) is 21.0 Å². The van der Waals surface area contributed by atoms with Crippen molar-refractivity contribution in [1.29, 1.82) is 0 Å². The number of hydrogen-bond donors (Lipinski definition) is 1. The van der Waals surface area contributed by atoms with Gasteiger partial charge in [-0.3, -0.25) is 9.78 Å². The van der Waals surface area contributed by atoms with Gasteiger partial charge in [-0.15, -0.1) is 0 Å². The van der Waals surface area contributed by atoms with E-state index in [2.05, 4.69) is 4.98 Å². The first-order valence-electron chi connectivity index (χ1n) is 5.73. The van der Waals surface area contributed by atoms with Crippen LogP contribution in [0.25, 0.3) is 0 Å². The maximum Gasteiger partial charge on any atom is 0.434 e. The van der Waals surface area contributed by atoms with Crippen LogP contribution in [0.4, 0.5) is 13.2 Å². The van der Waals surface area contributed by atoms with Gasteiger partial charge in [-0.25, -0.2) is 8.42 Å². The zero-order valence-corrected chi connectivity index (χ0v) is 11.9. The number of aromatic nitrogens is 1. The second kappa shape index (κ2) is 5.98. The van der Waals surface area contributed by atoms with Crippen LogP contribution < -0.4 is 0 Å². The summed E-state index contributed by atoms with van der Waals surface area (Å²) in [5, 5.41) is 8.73. The molecule has 0 bridgehead atoms. The predicted molar refractivity (Wildman–Crippen MR) is 65.9 cm³/mol. The van der Waals surface area contributed by atoms with Crippen molar-refractivity contribution in [3.05, 3.63) is 24.0 Å². The molecule has 1 rings (SSSR count). The molecule has 0 atom stereocenters. The minimum Gasteiger partial charge on any atom is -0.480 e. The van der Waals surface area contributed by atoms with E-state index in [1.54, 1.807) is 0 Å².